The Bertz CT molecular complexity index is 693. The van der Waals surface area contributed by atoms with Crippen molar-refractivity contribution in [3.63, 3.8) is 0 Å². The zero-order chi connectivity index (χ0) is 13.7. The molecule has 0 aromatic heterocycles. The molecule has 0 fully saturated rings. The fourth-order valence-electron chi connectivity index (χ4n) is 2.44. The Morgan fingerprint density at radius 1 is 0.947 bits per heavy atom. The molecule has 98 valence electrons. The highest BCUT2D eigenvalue weighted by Gasteiger charge is 2.33. The summed E-state index contributed by atoms with van der Waals surface area (Å²) in [4.78, 5) is 0. The molecule has 2 aromatic carbocycles. The molecule has 3 rings (SSSR count). The molecule has 0 spiro atoms. The Morgan fingerprint density at radius 2 is 1.63 bits per heavy atom. The van der Waals surface area contributed by atoms with Crippen molar-refractivity contribution in [2.75, 3.05) is 6.61 Å². The van der Waals surface area contributed by atoms with Crippen molar-refractivity contribution < 1.29 is 17.9 Å². The summed E-state index contributed by atoms with van der Waals surface area (Å²) in [5, 5.41) is 0. The van der Waals surface area contributed by atoms with Gasteiger partial charge in [-0.15, -0.1) is 0 Å². The molecule has 0 bridgehead atoms. The van der Waals surface area contributed by atoms with Crippen LogP contribution >= 0.6 is 0 Å². The minimum absolute atomic E-state index is 0.0113. The van der Waals surface area contributed by atoms with Gasteiger partial charge in [-0.2, -0.15) is 0 Å². The highest BCUT2D eigenvalue weighted by molar-refractivity contribution is 6.03. The van der Waals surface area contributed by atoms with Crippen LogP contribution in [-0.2, 0) is 0 Å². The third kappa shape index (κ3) is 1.49. The average molecular weight is 264 g/mol. The van der Waals surface area contributed by atoms with Crippen LogP contribution in [0, 0.1) is 24.4 Å². The van der Waals surface area contributed by atoms with Gasteiger partial charge in [-0.25, -0.2) is 13.2 Å². The average Bonchev–Trinajstić information content (AvgIpc) is 2.37. The van der Waals surface area contributed by atoms with Crippen LogP contribution in [0.1, 0.15) is 12.5 Å². The molecule has 0 amide bonds. The second kappa shape index (κ2) is 4.02. The first-order valence-corrected chi connectivity index (χ1v) is 6.00. The molecule has 0 atom stereocenters. The summed E-state index contributed by atoms with van der Waals surface area (Å²) in [7, 11) is 0. The first kappa shape index (κ1) is 12.1. The van der Waals surface area contributed by atoms with Crippen molar-refractivity contribution in [3.05, 3.63) is 41.2 Å². The number of hydrogen-bond acceptors (Lipinski definition) is 1. The predicted octanol–water partition coefficient (Wildman–Crippen LogP) is 4.46. The van der Waals surface area contributed by atoms with Crippen LogP contribution in [0.5, 0.6) is 5.75 Å². The SMILES string of the molecule is CCOc1ccc2c(c1F)-c1c-2cc(C)c(F)c1F. The number of aryl methyl sites for hydroxylation is 1. The molecule has 0 unspecified atom stereocenters. The Hall–Kier alpha value is -1.97. The van der Waals surface area contributed by atoms with Gasteiger partial charge in [0.1, 0.15) is 0 Å². The fourth-order valence-corrected chi connectivity index (χ4v) is 2.44. The van der Waals surface area contributed by atoms with Crippen molar-refractivity contribution >= 4 is 0 Å². The topological polar surface area (TPSA) is 9.23 Å². The first-order chi connectivity index (χ1) is 9.06. The lowest BCUT2D eigenvalue weighted by molar-refractivity contribution is 0.322. The van der Waals surface area contributed by atoms with Crippen LogP contribution in [-0.4, -0.2) is 6.61 Å². The number of rotatable bonds is 2. The molecule has 0 radical (unpaired) electrons. The van der Waals surface area contributed by atoms with Gasteiger partial charge in [0.15, 0.2) is 23.2 Å². The second-order valence-electron chi connectivity index (χ2n) is 4.48. The van der Waals surface area contributed by atoms with Gasteiger partial charge in [0.05, 0.1) is 6.61 Å². The summed E-state index contributed by atoms with van der Waals surface area (Å²) in [6, 6.07) is 4.72. The quantitative estimate of drug-likeness (QED) is 0.664. The van der Waals surface area contributed by atoms with Gasteiger partial charge >= 0.3 is 0 Å². The molecule has 0 saturated heterocycles. The monoisotopic (exact) mass is 264 g/mol. The maximum absolute atomic E-state index is 14.2. The van der Waals surface area contributed by atoms with Gasteiger partial charge < -0.3 is 4.74 Å². The van der Waals surface area contributed by atoms with Crippen LogP contribution in [0.3, 0.4) is 0 Å². The maximum Gasteiger partial charge on any atom is 0.173 e. The van der Waals surface area contributed by atoms with Gasteiger partial charge in [-0.3, -0.25) is 0 Å². The number of hydrogen-bond donors (Lipinski definition) is 0. The molecule has 4 heteroatoms. The molecule has 1 aliphatic carbocycles. The van der Waals surface area contributed by atoms with Crippen molar-refractivity contribution in [1.29, 1.82) is 0 Å². The normalized spacial score (nSPS) is 11.6. The van der Waals surface area contributed by atoms with E-state index in [4.69, 9.17) is 4.74 Å². The van der Waals surface area contributed by atoms with Gasteiger partial charge in [0, 0.05) is 11.1 Å². The van der Waals surface area contributed by atoms with E-state index in [1.54, 1.807) is 13.0 Å². The zero-order valence-corrected chi connectivity index (χ0v) is 10.5. The van der Waals surface area contributed by atoms with Gasteiger partial charge in [-0.05, 0) is 48.7 Å². The van der Waals surface area contributed by atoms with Crippen LogP contribution in [0.2, 0.25) is 0 Å². The smallest absolute Gasteiger partial charge is 0.173 e. The number of ether oxygens (including phenoxy) is 1. The van der Waals surface area contributed by atoms with Crippen molar-refractivity contribution in [1.82, 2.24) is 0 Å². The lowest BCUT2D eigenvalue weighted by Crippen LogP contribution is -2.09. The minimum atomic E-state index is -0.991. The highest BCUT2D eigenvalue weighted by atomic mass is 19.2. The Labute approximate surface area is 108 Å². The van der Waals surface area contributed by atoms with E-state index in [1.807, 2.05) is 0 Å². The minimum Gasteiger partial charge on any atom is -0.491 e. The summed E-state index contributed by atoms with van der Waals surface area (Å²) in [6.45, 7) is 3.53. The molecule has 0 heterocycles. The largest absolute Gasteiger partial charge is 0.491 e. The van der Waals surface area contributed by atoms with Gasteiger partial charge in [0.2, 0.25) is 0 Å². The van der Waals surface area contributed by atoms with E-state index in [0.29, 0.717) is 17.7 Å². The summed E-state index contributed by atoms with van der Waals surface area (Å²) in [5.41, 5.74) is 1.48. The molecular weight excluding hydrogens is 253 g/mol. The molecule has 0 saturated carbocycles. The van der Waals surface area contributed by atoms with Gasteiger partial charge in [-0.1, -0.05) is 0 Å². The second-order valence-corrected chi connectivity index (χ2v) is 4.48. The van der Waals surface area contributed by atoms with Crippen LogP contribution in [0.15, 0.2) is 18.2 Å². The third-order valence-electron chi connectivity index (χ3n) is 3.34. The molecule has 0 N–H and O–H groups in total. The lowest BCUT2D eigenvalue weighted by atomic mass is 9.78. The van der Waals surface area contributed by atoms with E-state index < -0.39 is 17.5 Å². The molecule has 19 heavy (non-hydrogen) atoms. The molecule has 2 aromatic rings. The molecular formula is C15H11F3O. The van der Waals surface area contributed by atoms with Gasteiger partial charge in [0.25, 0.3) is 0 Å². The number of halogens is 3. The first-order valence-electron chi connectivity index (χ1n) is 6.00. The molecule has 0 aliphatic heterocycles. The standard InChI is InChI=1S/C15H11F3O/c1-3-19-10-5-4-8-9-6-7(2)13(16)15(18)12(9)11(8)14(10)17/h4-6H,3H2,1-2H3. The van der Waals surface area contributed by atoms with E-state index in [0.717, 1.165) is 0 Å². The zero-order valence-electron chi connectivity index (χ0n) is 10.5. The summed E-state index contributed by atoms with van der Waals surface area (Å²) in [6.07, 6.45) is 0. The van der Waals surface area contributed by atoms with E-state index in [-0.39, 0.29) is 22.4 Å². The molecule has 1 aliphatic rings. The summed E-state index contributed by atoms with van der Waals surface area (Å²) in [5.74, 6) is -2.48. The Kier molecular flexibility index (Phi) is 2.55. The summed E-state index contributed by atoms with van der Waals surface area (Å²) < 4.78 is 46.8. The Morgan fingerprint density at radius 3 is 2.32 bits per heavy atom. The Balaban J connectivity index is 2.23. The van der Waals surface area contributed by atoms with E-state index in [9.17, 15) is 13.2 Å². The van der Waals surface area contributed by atoms with Crippen molar-refractivity contribution in [2.45, 2.75) is 13.8 Å². The number of fused-ring (bicyclic) bond motifs is 4. The van der Waals surface area contributed by atoms with E-state index >= 15 is 0 Å². The van der Waals surface area contributed by atoms with Crippen molar-refractivity contribution in [2.24, 2.45) is 0 Å². The maximum atomic E-state index is 14.2. The molecule has 1 nitrogen and oxygen atoms in total. The summed E-state index contributed by atoms with van der Waals surface area (Å²) >= 11 is 0. The van der Waals surface area contributed by atoms with E-state index in [2.05, 4.69) is 0 Å². The van der Waals surface area contributed by atoms with Crippen LogP contribution in [0.4, 0.5) is 13.2 Å². The van der Waals surface area contributed by atoms with Crippen LogP contribution in [0.25, 0.3) is 22.3 Å². The van der Waals surface area contributed by atoms with Crippen LogP contribution < -0.4 is 4.74 Å². The predicted molar refractivity (Wildman–Crippen MR) is 66.7 cm³/mol. The third-order valence-corrected chi connectivity index (χ3v) is 3.34. The van der Waals surface area contributed by atoms with E-state index in [1.165, 1.54) is 19.1 Å². The lowest BCUT2D eigenvalue weighted by Gasteiger charge is -2.26. The van der Waals surface area contributed by atoms with Crippen molar-refractivity contribution in [3.8, 4) is 28.0 Å². The fraction of sp³-hybridized carbons (Fsp3) is 0.200. The number of benzene rings is 2. The highest BCUT2D eigenvalue weighted by Crippen LogP contribution is 2.52.